The molecule has 0 heterocycles. The molecule has 0 atom stereocenters. The summed E-state index contributed by atoms with van der Waals surface area (Å²) < 4.78 is 0. The highest BCUT2D eigenvalue weighted by Gasteiger charge is 2.05. The number of aromatic hydroxyl groups is 1. The summed E-state index contributed by atoms with van der Waals surface area (Å²) in [5.74, 6) is 0.314. The minimum Gasteiger partial charge on any atom is -0.508 e. The van der Waals surface area contributed by atoms with Gasteiger partial charge in [-0.3, -0.25) is 4.79 Å². The summed E-state index contributed by atoms with van der Waals surface area (Å²) in [7, 11) is 2.16. The second kappa shape index (κ2) is 11.4. The van der Waals surface area contributed by atoms with Gasteiger partial charge in [0.2, 0.25) is 5.91 Å². The van der Waals surface area contributed by atoms with Gasteiger partial charge in [0.25, 0.3) is 0 Å². The van der Waals surface area contributed by atoms with E-state index in [2.05, 4.69) is 24.2 Å². The predicted octanol–water partition coefficient (Wildman–Crippen LogP) is 5.29. The molecule has 2 rings (SSSR count). The summed E-state index contributed by atoms with van der Waals surface area (Å²) in [6.07, 6.45) is 6.31. The number of rotatable bonds is 11. The third kappa shape index (κ3) is 7.83. The molecular weight excluding hydrogens is 336 g/mol. The molecule has 146 valence electrons. The maximum absolute atomic E-state index is 12.1. The van der Waals surface area contributed by atoms with E-state index in [0.29, 0.717) is 6.42 Å². The Morgan fingerprint density at radius 2 is 1.67 bits per heavy atom. The highest BCUT2D eigenvalue weighted by Crippen LogP contribution is 2.24. The molecule has 0 bridgehead atoms. The number of unbranched alkanes of at least 4 members (excludes halogenated alkanes) is 3. The van der Waals surface area contributed by atoms with E-state index in [1.54, 1.807) is 12.1 Å². The summed E-state index contributed by atoms with van der Waals surface area (Å²) in [5.41, 5.74) is 2.77. The van der Waals surface area contributed by atoms with Crippen LogP contribution in [0.25, 0.3) is 11.1 Å². The van der Waals surface area contributed by atoms with Gasteiger partial charge in [-0.1, -0.05) is 44.0 Å². The minimum atomic E-state index is 0.0636. The van der Waals surface area contributed by atoms with Crippen molar-refractivity contribution in [3.05, 3.63) is 48.5 Å². The SMILES string of the molecule is CCCCCN(C)CCCCC(=O)Nc1ccc(-c2cccc(O)c2)cc1. The maximum Gasteiger partial charge on any atom is 0.224 e. The number of carbonyl (C=O) groups excluding carboxylic acids is 1. The van der Waals surface area contributed by atoms with E-state index in [-0.39, 0.29) is 11.7 Å². The van der Waals surface area contributed by atoms with Crippen LogP contribution < -0.4 is 5.32 Å². The third-order valence-corrected chi connectivity index (χ3v) is 4.69. The third-order valence-electron chi connectivity index (χ3n) is 4.69. The monoisotopic (exact) mass is 368 g/mol. The number of benzene rings is 2. The number of nitrogens with zero attached hydrogens (tertiary/aromatic N) is 1. The largest absolute Gasteiger partial charge is 0.508 e. The van der Waals surface area contributed by atoms with Crippen LogP contribution in [0.1, 0.15) is 45.4 Å². The van der Waals surface area contributed by atoms with Crippen LogP contribution in [0.15, 0.2) is 48.5 Å². The zero-order chi connectivity index (χ0) is 19.5. The average molecular weight is 369 g/mol. The van der Waals surface area contributed by atoms with Crippen molar-refractivity contribution in [1.82, 2.24) is 4.90 Å². The van der Waals surface area contributed by atoms with E-state index in [9.17, 15) is 9.90 Å². The fourth-order valence-corrected chi connectivity index (χ4v) is 3.07. The highest BCUT2D eigenvalue weighted by molar-refractivity contribution is 5.90. The summed E-state index contributed by atoms with van der Waals surface area (Å²) in [5, 5.41) is 12.5. The molecule has 4 heteroatoms. The topological polar surface area (TPSA) is 52.6 Å². The molecule has 0 aliphatic rings. The Kier molecular flexibility index (Phi) is 8.85. The molecule has 0 fully saturated rings. The Labute approximate surface area is 163 Å². The first-order chi connectivity index (χ1) is 13.1. The lowest BCUT2D eigenvalue weighted by atomic mass is 10.1. The van der Waals surface area contributed by atoms with Crippen LogP contribution in [0.3, 0.4) is 0 Å². The van der Waals surface area contributed by atoms with Crippen LogP contribution >= 0.6 is 0 Å². The lowest BCUT2D eigenvalue weighted by molar-refractivity contribution is -0.116. The summed E-state index contributed by atoms with van der Waals surface area (Å²) in [6, 6.07) is 14.9. The second-order valence-corrected chi connectivity index (χ2v) is 7.14. The van der Waals surface area contributed by atoms with E-state index >= 15 is 0 Å². The summed E-state index contributed by atoms with van der Waals surface area (Å²) in [4.78, 5) is 14.5. The van der Waals surface area contributed by atoms with E-state index in [0.717, 1.165) is 42.7 Å². The zero-order valence-electron chi connectivity index (χ0n) is 16.6. The van der Waals surface area contributed by atoms with Crippen molar-refractivity contribution < 1.29 is 9.90 Å². The first-order valence-corrected chi connectivity index (χ1v) is 9.96. The second-order valence-electron chi connectivity index (χ2n) is 7.14. The van der Waals surface area contributed by atoms with Crippen LogP contribution in [0, 0.1) is 0 Å². The molecule has 2 aromatic carbocycles. The molecule has 2 aromatic rings. The summed E-state index contributed by atoms with van der Waals surface area (Å²) >= 11 is 0. The molecule has 0 aromatic heterocycles. The smallest absolute Gasteiger partial charge is 0.224 e. The van der Waals surface area contributed by atoms with Crippen LogP contribution in [-0.4, -0.2) is 36.1 Å². The van der Waals surface area contributed by atoms with Gasteiger partial charge >= 0.3 is 0 Å². The van der Waals surface area contributed by atoms with Gasteiger partial charge in [-0.25, -0.2) is 0 Å². The molecule has 0 unspecified atom stereocenters. The quantitative estimate of drug-likeness (QED) is 0.530. The Hall–Kier alpha value is -2.33. The number of hydrogen-bond acceptors (Lipinski definition) is 3. The molecule has 0 aliphatic carbocycles. The number of anilines is 1. The highest BCUT2D eigenvalue weighted by atomic mass is 16.3. The van der Waals surface area contributed by atoms with E-state index in [1.807, 2.05) is 36.4 Å². The van der Waals surface area contributed by atoms with Gasteiger partial charge in [0, 0.05) is 12.1 Å². The van der Waals surface area contributed by atoms with Gasteiger partial charge in [-0.05, 0) is 74.8 Å². The number of phenols is 1. The van der Waals surface area contributed by atoms with Crippen molar-refractivity contribution in [3.8, 4) is 16.9 Å². The van der Waals surface area contributed by atoms with Gasteiger partial charge in [0.15, 0.2) is 0 Å². The van der Waals surface area contributed by atoms with Gasteiger partial charge in [0.05, 0.1) is 0 Å². The van der Waals surface area contributed by atoms with Gasteiger partial charge in [0.1, 0.15) is 5.75 Å². The lowest BCUT2D eigenvalue weighted by Crippen LogP contribution is -2.21. The molecule has 0 saturated carbocycles. The van der Waals surface area contributed by atoms with Crippen molar-refractivity contribution >= 4 is 11.6 Å². The van der Waals surface area contributed by atoms with Crippen molar-refractivity contribution in [2.75, 3.05) is 25.5 Å². The fourth-order valence-electron chi connectivity index (χ4n) is 3.07. The first-order valence-electron chi connectivity index (χ1n) is 9.96. The molecule has 0 saturated heterocycles. The zero-order valence-corrected chi connectivity index (χ0v) is 16.6. The number of phenolic OH excluding ortho intramolecular Hbond substituents is 1. The molecule has 0 spiro atoms. The van der Waals surface area contributed by atoms with Crippen molar-refractivity contribution in [1.29, 1.82) is 0 Å². The Balaban J connectivity index is 1.70. The van der Waals surface area contributed by atoms with Crippen LogP contribution in [-0.2, 0) is 4.79 Å². The number of carbonyl (C=O) groups is 1. The molecule has 4 nitrogen and oxygen atoms in total. The molecule has 27 heavy (non-hydrogen) atoms. The minimum absolute atomic E-state index is 0.0636. The van der Waals surface area contributed by atoms with Crippen LogP contribution in [0.2, 0.25) is 0 Å². The Morgan fingerprint density at radius 3 is 2.33 bits per heavy atom. The Morgan fingerprint density at radius 1 is 0.963 bits per heavy atom. The van der Waals surface area contributed by atoms with Gasteiger partial charge in [-0.15, -0.1) is 0 Å². The van der Waals surface area contributed by atoms with Gasteiger partial charge < -0.3 is 15.3 Å². The predicted molar refractivity (Wildman–Crippen MR) is 113 cm³/mol. The fraction of sp³-hybridized carbons (Fsp3) is 0.435. The van der Waals surface area contributed by atoms with Crippen LogP contribution in [0.4, 0.5) is 5.69 Å². The lowest BCUT2D eigenvalue weighted by Gasteiger charge is -2.16. The van der Waals surface area contributed by atoms with Crippen LogP contribution in [0.5, 0.6) is 5.75 Å². The first kappa shape index (κ1) is 21.0. The molecular formula is C23H32N2O2. The van der Waals surface area contributed by atoms with E-state index in [1.165, 1.54) is 19.3 Å². The van der Waals surface area contributed by atoms with Crippen molar-refractivity contribution in [2.45, 2.75) is 45.4 Å². The maximum atomic E-state index is 12.1. The molecule has 0 radical (unpaired) electrons. The normalized spacial score (nSPS) is 10.9. The van der Waals surface area contributed by atoms with Crippen molar-refractivity contribution in [2.24, 2.45) is 0 Å². The number of hydrogen-bond donors (Lipinski definition) is 2. The molecule has 1 amide bonds. The number of nitrogens with one attached hydrogen (secondary N) is 1. The summed E-state index contributed by atoms with van der Waals surface area (Å²) in [6.45, 7) is 4.42. The molecule has 2 N–H and O–H groups in total. The Bertz CT molecular complexity index is 698. The average Bonchev–Trinajstić information content (AvgIpc) is 2.66. The van der Waals surface area contributed by atoms with E-state index in [4.69, 9.17) is 0 Å². The molecule has 0 aliphatic heterocycles. The standard InChI is InChI=1S/C23H32N2O2/c1-3-4-6-16-25(2)17-7-5-11-23(27)24-21-14-12-19(13-15-21)20-9-8-10-22(26)18-20/h8-10,12-15,18,26H,3-7,11,16-17H2,1-2H3,(H,24,27). The van der Waals surface area contributed by atoms with Gasteiger partial charge in [-0.2, -0.15) is 0 Å². The van der Waals surface area contributed by atoms with Crippen molar-refractivity contribution in [3.63, 3.8) is 0 Å². The van der Waals surface area contributed by atoms with E-state index < -0.39 is 0 Å². The number of amides is 1.